The third-order valence-electron chi connectivity index (χ3n) is 2.53. The third-order valence-corrected chi connectivity index (χ3v) is 2.53. The molecule has 0 aliphatic rings. The van der Waals surface area contributed by atoms with Gasteiger partial charge in [-0.2, -0.15) is 18.3 Å². The van der Waals surface area contributed by atoms with Crippen LogP contribution < -0.4 is 5.32 Å². The van der Waals surface area contributed by atoms with Gasteiger partial charge in [0.1, 0.15) is 0 Å². The number of halogens is 3. The van der Waals surface area contributed by atoms with E-state index in [-0.39, 0.29) is 6.54 Å². The Morgan fingerprint density at radius 2 is 2.05 bits per heavy atom. The molecule has 0 radical (unpaired) electrons. The Balaban J connectivity index is 1.96. The fourth-order valence-electron chi connectivity index (χ4n) is 1.66. The summed E-state index contributed by atoms with van der Waals surface area (Å²) in [6, 6.07) is 8.81. The van der Waals surface area contributed by atoms with E-state index in [1.165, 1.54) is 0 Å². The molecule has 0 bridgehead atoms. The Morgan fingerprint density at radius 1 is 1.29 bits per heavy atom. The van der Waals surface area contributed by atoms with E-state index in [4.69, 9.17) is 0 Å². The highest BCUT2D eigenvalue weighted by molar-refractivity contribution is 5.67. The van der Waals surface area contributed by atoms with Gasteiger partial charge in [-0.1, -0.05) is 18.2 Å². The van der Waals surface area contributed by atoms with E-state index in [0.29, 0.717) is 5.56 Å². The number of para-hydroxylation sites is 1. The number of nitrogens with one attached hydrogen (secondary N) is 1. The molecule has 0 saturated carbocycles. The highest BCUT2D eigenvalue weighted by Gasteiger charge is 2.29. The van der Waals surface area contributed by atoms with Crippen molar-refractivity contribution in [2.45, 2.75) is 12.7 Å². The summed E-state index contributed by atoms with van der Waals surface area (Å²) in [4.78, 5) is 11.2. The van der Waals surface area contributed by atoms with Crippen LogP contribution in [0, 0.1) is 0 Å². The van der Waals surface area contributed by atoms with Crippen LogP contribution >= 0.6 is 0 Å². The van der Waals surface area contributed by atoms with Gasteiger partial charge in [0.15, 0.2) is 6.61 Å². The van der Waals surface area contributed by atoms with Crippen LogP contribution in [0.1, 0.15) is 5.56 Å². The van der Waals surface area contributed by atoms with Crippen molar-refractivity contribution in [1.29, 1.82) is 0 Å². The summed E-state index contributed by atoms with van der Waals surface area (Å²) in [6.07, 6.45) is -2.34. The quantitative estimate of drug-likeness (QED) is 0.944. The molecule has 2 aromatic rings. The summed E-state index contributed by atoms with van der Waals surface area (Å²) in [5.41, 5.74) is 1.42. The first-order valence-corrected chi connectivity index (χ1v) is 6.01. The van der Waals surface area contributed by atoms with Gasteiger partial charge in [0.25, 0.3) is 0 Å². The molecular formula is C13H12F3N3O2. The summed E-state index contributed by atoms with van der Waals surface area (Å²) in [6.45, 7) is -1.58. The maximum atomic E-state index is 11.9. The number of rotatable bonds is 4. The topological polar surface area (TPSA) is 56.2 Å². The lowest BCUT2D eigenvalue weighted by atomic mass is 10.2. The van der Waals surface area contributed by atoms with Crippen LogP contribution in [0.5, 0.6) is 0 Å². The molecule has 1 aromatic heterocycles. The van der Waals surface area contributed by atoms with Crippen LogP contribution in [0.2, 0.25) is 0 Å². The summed E-state index contributed by atoms with van der Waals surface area (Å²) in [5, 5.41) is 6.34. The molecular weight excluding hydrogens is 287 g/mol. The van der Waals surface area contributed by atoms with E-state index in [2.05, 4.69) is 15.2 Å². The number of nitrogens with zero attached hydrogens (tertiary/aromatic N) is 2. The predicted molar refractivity (Wildman–Crippen MR) is 67.8 cm³/mol. The summed E-state index contributed by atoms with van der Waals surface area (Å²) < 4.78 is 41.4. The minimum Gasteiger partial charge on any atom is -0.440 e. The first kappa shape index (κ1) is 14.9. The summed E-state index contributed by atoms with van der Waals surface area (Å²) in [5.74, 6) is 0. The molecule has 2 rings (SSSR count). The van der Waals surface area contributed by atoms with Crippen molar-refractivity contribution in [2.75, 3.05) is 6.61 Å². The monoisotopic (exact) mass is 299 g/mol. The Bertz CT molecular complexity index is 597. The molecule has 1 heterocycles. The van der Waals surface area contributed by atoms with E-state index in [1.54, 1.807) is 47.4 Å². The largest absolute Gasteiger partial charge is 0.440 e. The number of hydrogen-bond acceptors (Lipinski definition) is 3. The van der Waals surface area contributed by atoms with Crippen LogP contribution in [0.4, 0.5) is 18.0 Å². The number of ether oxygens (including phenoxy) is 1. The molecule has 0 atom stereocenters. The molecule has 0 spiro atoms. The maximum absolute atomic E-state index is 11.9. The molecule has 0 unspecified atom stereocenters. The molecule has 1 N–H and O–H groups in total. The van der Waals surface area contributed by atoms with Gasteiger partial charge in [0.2, 0.25) is 0 Å². The number of aromatic nitrogens is 2. The van der Waals surface area contributed by atoms with E-state index in [9.17, 15) is 18.0 Å². The van der Waals surface area contributed by atoms with Crippen molar-refractivity contribution < 1.29 is 22.7 Å². The molecule has 112 valence electrons. The minimum atomic E-state index is -4.54. The molecule has 0 aliphatic heterocycles. The number of carbonyl (C=O) groups excluding carboxylic acids is 1. The predicted octanol–water partition coefficient (Wildman–Crippen LogP) is 2.66. The van der Waals surface area contributed by atoms with Crippen molar-refractivity contribution in [3.63, 3.8) is 0 Å². The van der Waals surface area contributed by atoms with E-state index in [0.717, 1.165) is 5.69 Å². The number of benzene rings is 1. The summed E-state index contributed by atoms with van der Waals surface area (Å²) >= 11 is 0. The van der Waals surface area contributed by atoms with E-state index >= 15 is 0 Å². The van der Waals surface area contributed by atoms with Gasteiger partial charge in [0, 0.05) is 18.9 Å². The van der Waals surface area contributed by atoms with E-state index in [1.807, 2.05) is 0 Å². The average Bonchev–Trinajstić information content (AvgIpc) is 2.96. The Morgan fingerprint density at radius 3 is 2.71 bits per heavy atom. The van der Waals surface area contributed by atoms with Gasteiger partial charge in [-0.05, 0) is 17.7 Å². The zero-order valence-electron chi connectivity index (χ0n) is 10.8. The second-order valence-electron chi connectivity index (χ2n) is 4.12. The lowest BCUT2D eigenvalue weighted by Gasteiger charge is -2.11. The maximum Gasteiger partial charge on any atom is 0.422 e. The normalized spacial score (nSPS) is 11.2. The van der Waals surface area contributed by atoms with Gasteiger partial charge in [-0.15, -0.1) is 0 Å². The van der Waals surface area contributed by atoms with Gasteiger partial charge >= 0.3 is 12.3 Å². The van der Waals surface area contributed by atoms with Gasteiger partial charge in [0.05, 0.1) is 5.69 Å². The smallest absolute Gasteiger partial charge is 0.422 e. The van der Waals surface area contributed by atoms with Crippen molar-refractivity contribution in [3.05, 3.63) is 48.3 Å². The minimum absolute atomic E-state index is 0.0344. The van der Waals surface area contributed by atoms with Gasteiger partial charge < -0.3 is 10.1 Å². The second kappa shape index (κ2) is 6.29. The zero-order valence-corrected chi connectivity index (χ0v) is 10.8. The Hall–Kier alpha value is -2.51. The molecule has 0 fully saturated rings. The fourth-order valence-corrected chi connectivity index (χ4v) is 1.66. The van der Waals surface area contributed by atoms with Gasteiger partial charge in [-0.25, -0.2) is 9.48 Å². The Labute approximate surface area is 118 Å². The number of alkyl carbamates (subject to hydrolysis) is 1. The molecule has 0 saturated heterocycles. The van der Waals surface area contributed by atoms with Crippen LogP contribution in [-0.2, 0) is 11.3 Å². The first-order chi connectivity index (χ1) is 9.96. The lowest BCUT2D eigenvalue weighted by molar-refractivity contribution is -0.160. The first-order valence-electron chi connectivity index (χ1n) is 6.01. The molecule has 0 aliphatic carbocycles. The highest BCUT2D eigenvalue weighted by atomic mass is 19.4. The Kier molecular flexibility index (Phi) is 4.46. The second-order valence-corrected chi connectivity index (χ2v) is 4.12. The molecule has 8 heteroatoms. The number of carbonyl (C=O) groups is 1. The van der Waals surface area contributed by atoms with Crippen LogP contribution in [-0.4, -0.2) is 28.7 Å². The number of amides is 1. The van der Waals surface area contributed by atoms with Crippen molar-refractivity contribution in [3.8, 4) is 5.69 Å². The number of hydrogen-bond donors (Lipinski definition) is 1. The van der Waals surface area contributed by atoms with Crippen LogP contribution in [0.15, 0.2) is 42.7 Å². The standard InChI is InChI=1S/C13H12F3N3O2/c14-13(15,16)9-21-12(20)17-8-10-4-1-2-5-11(10)19-7-3-6-18-19/h1-7H,8-9H2,(H,17,20). The fraction of sp³-hybridized carbons (Fsp3) is 0.231. The van der Waals surface area contributed by atoms with Crippen molar-refractivity contribution in [1.82, 2.24) is 15.1 Å². The van der Waals surface area contributed by atoms with Crippen molar-refractivity contribution >= 4 is 6.09 Å². The average molecular weight is 299 g/mol. The zero-order chi connectivity index (χ0) is 15.3. The van der Waals surface area contributed by atoms with Crippen LogP contribution in [0.3, 0.4) is 0 Å². The molecule has 1 aromatic carbocycles. The van der Waals surface area contributed by atoms with Crippen LogP contribution in [0.25, 0.3) is 5.69 Å². The SMILES string of the molecule is O=C(NCc1ccccc1-n1cccn1)OCC(F)(F)F. The number of alkyl halides is 3. The lowest BCUT2D eigenvalue weighted by Crippen LogP contribution is -2.29. The molecule has 1 amide bonds. The summed E-state index contributed by atoms with van der Waals surface area (Å²) in [7, 11) is 0. The van der Waals surface area contributed by atoms with E-state index < -0.39 is 18.9 Å². The molecule has 5 nitrogen and oxygen atoms in total. The highest BCUT2D eigenvalue weighted by Crippen LogP contribution is 2.15. The molecule has 21 heavy (non-hydrogen) atoms. The third kappa shape index (κ3) is 4.51. The van der Waals surface area contributed by atoms with Crippen molar-refractivity contribution in [2.24, 2.45) is 0 Å². The van der Waals surface area contributed by atoms with Gasteiger partial charge in [-0.3, -0.25) is 0 Å².